The van der Waals surface area contributed by atoms with Gasteiger partial charge in [-0.3, -0.25) is 4.79 Å². The number of aromatic nitrogens is 2. The van der Waals surface area contributed by atoms with Gasteiger partial charge in [0.25, 0.3) is 5.56 Å². The van der Waals surface area contributed by atoms with E-state index in [-0.39, 0.29) is 5.56 Å². The molecule has 7 heteroatoms. The molecule has 2 aromatic rings. The molecule has 1 saturated heterocycles. The molecule has 0 aliphatic carbocycles. The van der Waals surface area contributed by atoms with Gasteiger partial charge in [0.2, 0.25) is 0 Å². The molecule has 0 spiro atoms. The summed E-state index contributed by atoms with van der Waals surface area (Å²) in [6, 6.07) is 0. The molecule has 21 heavy (non-hydrogen) atoms. The fourth-order valence-electron chi connectivity index (χ4n) is 2.53. The van der Waals surface area contributed by atoms with Crippen LogP contribution in [0.3, 0.4) is 0 Å². The molecule has 0 amide bonds. The van der Waals surface area contributed by atoms with Crippen LogP contribution in [-0.4, -0.2) is 53.1 Å². The summed E-state index contributed by atoms with van der Waals surface area (Å²) in [5.74, 6) is 0.702. The monoisotopic (exact) mass is 307 g/mol. The molecule has 3 heterocycles. The van der Waals surface area contributed by atoms with Crippen molar-refractivity contribution in [3.05, 3.63) is 26.6 Å². The van der Waals surface area contributed by atoms with E-state index in [0.29, 0.717) is 12.4 Å². The Morgan fingerprint density at radius 3 is 2.71 bits per heavy atom. The van der Waals surface area contributed by atoms with Gasteiger partial charge in [0, 0.05) is 31.1 Å². The number of likely N-dealkylation sites (N-methyl/N-ethyl adjacent to an activating group) is 1. The Kier molecular flexibility index (Phi) is 4.08. The van der Waals surface area contributed by atoms with E-state index in [1.807, 2.05) is 13.8 Å². The lowest BCUT2D eigenvalue weighted by molar-refractivity contribution is 0.101. The lowest BCUT2D eigenvalue weighted by Crippen LogP contribution is -2.50. The number of hydrazine groups is 1. The van der Waals surface area contributed by atoms with Crippen LogP contribution in [-0.2, 0) is 6.54 Å². The highest BCUT2D eigenvalue weighted by molar-refractivity contribution is 7.18. The third-order valence-corrected chi connectivity index (χ3v) is 5.16. The molecule has 0 atom stereocenters. The zero-order chi connectivity index (χ0) is 15.0. The first-order chi connectivity index (χ1) is 10.0. The van der Waals surface area contributed by atoms with Crippen LogP contribution in [0.15, 0.2) is 4.79 Å². The van der Waals surface area contributed by atoms with Crippen LogP contribution in [0.4, 0.5) is 0 Å². The summed E-state index contributed by atoms with van der Waals surface area (Å²) in [6.45, 7) is 8.65. The number of aryl methyl sites for hydroxylation is 2. The van der Waals surface area contributed by atoms with E-state index in [0.717, 1.165) is 46.8 Å². The summed E-state index contributed by atoms with van der Waals surface area (Å²) in [5, 5.41) is 2.93. The van der Waals surface area contributed by atoms with Gasteiger partial charge in [-0.25, -0.2) is 15.4 Å². The summed E-state index contributed by atoms with van der Waals surface area (Å²) in [4.78, 5) is 24.0. The van der Waals surface area contributed by atoms with Gasteiger partial charge in [-0.05, 0) is 26.5 Å². The number of thiophene rings is 1. The van der Waals surface area contributed by atoms with Crippen LogP contribution >= 0.6 is 11.3 Å². The molecule has 0 unspecified atom stereocenters. The fraction of sp³-hybridized carbons (Fsp3) is 0.571. The Morgan fingerprint density at radius 2 is 2.00 bits per heavy atom. The first-order valence-corrected chi connectivity index (χ1v) is 8.02. The molecule has 114 valence electrons. The molecule has 6 nitrogen and oxygen atoms in total. The molecule has 1 aliphatic heterocycles. The maximum Gasteiger partial charge on any atom is 0.259 e. The highest BCUT2D eigenvalue weighted by atomic mass is 32.1. The quantitative estimate of drug-likeness (QED) is 0.880. The van der Waals surface area contributed by atoms with Gasteiger partial charge in [-0.15, -0.1) is 11.3 Å². The Labute approximate surface area is 127 Å². The van der Waals surface area contributed by atoms with Crippen LogP contribution < -0.4 is 11.0 Å². The van der Waals surface area contributed by atoms with Gasteiger partial charge >= 0.3 is 0 Å². The number of H-pyrrole nitrogens is 1. The number of fused-ring (bicyclic) bond motifs is 1. The predicted molar refractivity (Wildman–Crippen MR) is 85.6 cm³/mol. The predicted octanol–water partition coefficient (Wildman–Crippen LogP) is 0.853. The van der Waals surface area contributed by atoms with Crippen LogP contribution in [0.25, 0.3) is 10.2 Å². The van der Waals surface area contributed by atoms with E-state index in [2.05, 4.69) is 32.4 Å². The lowest BCUT2D eigenvalue weighted by atomic mass is 10.2. The van der Waals surface area contributed by atoms with Gasteiger partial charge in [0.1, 0.15) is 10.7 Å². The van der Waals surface area contributed by atoms with Crippen molar-refractivity contribution in [2.45, 2.75) is 20.4 Å². The fourth-order valence-corrected chi connectivity index (χ4v) is 3.58. The summed E-state index contributed by atoms with van der Waals surface area (Å²) >= 11 is 1.59. The number of nitrogens with one attached hydrogen (secondary N) is 2. The molecule has 0 aromatic carbocycles. The van der Waals surface area contributed by atoms with Gasteiger partial charge in [0.05, 0.1) is 11.9 Å². The van der Waals surface area contributed by atoms with Crippen molar-refractivity contribution in [2.75, 3.05) is 33.2 Å². The topological polar surface area (TPSA) is 64.3 Å². The number of piperazine rings is 1. The Hall–Kier alpha value is -1.28. The van der Waals surface area contributed by atoms with Crippen molar-refractivity contribution in [1.29, 1.82) is 0 Å². The SMILES string of the molecule is Cc1sc2nc(CNN3CCN(C)CC3)[nH]c(=O)c2c1C. The third kappa shape index (κ3) is 3.01. The van der Waals surface area contributed by atoms with Crippen LogP contribution in [0.1, 0.15) is 16.3 Å². The summed E-state index contributed by atoms with van der Waals surface area (Å²) in [6.07, 6.45) is 0. The van der Waals surface area contributed by atoms with E-state index in [9.17, 15) is 4.79 Å². The van der Waals surface area contributed by atoms with Crippen molar-refractivity contribution >= 4 is 21.6 Å². The molecule has 2 N–H and O–H groups in total. The summed E-state index contributed by atoms with van der Waals surface area (Å²) in [7, 11) is 2.13. The minimum atomic E-state index is -0.0305. The normalized spacial score (nSPS) is 17.7. The lowest BCUT2D eigenvalue weighted by Gasteiger charge is -2.32. The number of hydrogen-bond donors (Lipinski definition) is 2. The number of nitrogens with zero attached hydrogens (tertiary/aromatic N) is 3. The van der Waals surface area contributed by atoms with Gasteiger partial charge < -0.3 is 9.88 Å². The third-order valence-electron chi connectivity index (χ3n) is 4.06. The number of rotatable bonds is 3. The number of hydrogen-bond acceptors (Lipinski definition) is 6. The second-order valence-corrected chi connectivity index (χ2v) is 6.80. The molecule has 3 rings (SSSR count). The van der Waals surface area contributed by atoms with Crippen molar-refractivity contribution in [3.63, 3.8) is 0 Å². The Morgan fingerprint density at radius 1 is 1.29 bits per heavy atom. The largest absolute Gasteiger partial charge is 0.309 e. The van der Waals surface area contributed by atoms with Crippen molar-refractivity contribution < 1.29 is 0 Å². The zero-order valence-corrected chi connectivity index (χ0v) is 13.5. The summed E-state index contributed by atoms with van der Waals surface area (Å²) < 4.78 is 0. The highest BCUT2D eigenvalue weighted by Gasteiger charge is 2.15. The van der Waals surface area contributed by atoms with Crippen molar-refractivity contribution in [1.82, 2.24) is 25.3 Å². The Bertz CT molecular complexity index is 699. The standard InChI is InChI=1S/C14H21N5OS/c1-9-10(2)21-14-12(9)13(20)16-11(17-14)8-15-19-6-4-18(3)5-7-19/h15H,4-8H2,1-3H3,(H,16,17,20). The van der Waals surface area contributed by atoms with E-state index in [4.69, 9.17) is 0 Å². The van der Waals surface area contributed by atoms with Crippen LogP contribution in [0.5, 0.6) is 0 Å². The smallest absolute Gasteiger partial charge is 0.259 e. The van der Waals surface area contributed by atoms with Crippen LogP contribution in [0.2, 0.25) is 0 Å². The molecule has 1 aliphatic rings. The average molecular weight is 307 g/mol. The van der Waals surface area contributed by atoms with E-state index in [1.54, 1.807) is 11.3 Å². The second-order valence-electron chi connectivity index (χ2n) is 5.60. The van der Waals surface area contributed by atoms with E-state index >= 15 is 0 Å². The molecular formula is C14H21N5OS. The molecule has 0 saturated carbocycles. The average Bonchev–Trinajstić information content (AvgIpc) is 2.74. The second kappa shape index (κ2) is 5.84. The maximum absolute atomic E-state index is 12.2. The van der Waals surface area contributed by atoms with Gasteiger partial charge in [-0.2, -0.15) is 0 Å². The van der Waals surface area contributed by atoms with Crippen molar-refractivity contribution in [2.24, 2.45) is 0 Å². The first kappa shape index (κ1) is 14.6. The molecule has 0 bridgehead atoms. The van der Waals surface area contributed by atoms with Gasteiger partial charge in [0.15, 0.2) is 0 Å². The maximum atomic E-state index is 12.2. The zero-order valence-electron chi connectivity index (χ0n) is 12.7. The van der Waals surface area contributed by atoms with E-state index < -0.39 is 0 Å². The van der Waals surface area contributed by atoms with E-state index in [1.165, 1.54) is 0 Å². The molecule has 0 radical (unpaired) electrons. The van der Waals surface area contributed by atoms with Crippen LogP contribution in [0, 0.1) is 13.8 Å². The summed E-state index contributed by atoms with van der Waals surface area (Å²) in [5.41, 5.74) is 4.36. The molecular weight excluding hydrogens is 286 g/mol. The van der Waals surface area contributed by atoms with Crippen molar-refractivity contribution in [3.8, 4) is 0 Å². The van der Waals surface area contributed by atoms with Gasteiger partial charge in [-0.1, -0.05) is 0 Å². The minimum Gasteiger partial charge on any atom is -0.309 e. The highest BCUT2D eigenvalue weighted by Crippen LogP contribution is 2.25. The molecule has 2 aromatic heterocycles. The molecule has 1 fully saturated rings. The minimum absolute atomic E-state index is 0.0305. The number of aromatic amines is 1. The Balaban J connectivity index is 1.74. The first-order valence-electron chi connectivity index (χ1n) is 7.20.